The van der Waals surface area contributed by atoms with Gasteiger partial charge in [-0.15, -0.1) is 0 Å². The number of rotatable bonds is 7. The molecule has 0 aliphatic rings. The summed E-state index contributed by atoms with van der Waals surface area (Å²) in [5.74, 6) is -0.0473. The lowest BCUT2D eigenvalue weighted by atomic mass is 10.1. The number of ether oxygens (including phenoxy) is 1. The van der Waals surface area contributed by atoms with Gasteiger partial charge in [-0.1, -0.05) is 6.07 Å². The molecular weight excluding hydrogens is 342 g/mol. The predicted octanol–water partition coefficient (Wildman–Crippen LogP) is 2.76. The highest BCUT2D eigenvalue weighted by Gasteiger charge is 2.22. The Kier molecular flexibility index (Phi) is 5.60. The Morgan fingerprint density at radius 1 is 1.26 bits per heavy atom. The zero-order valence-electron chi connectivity index (χ0n) is 16.7. The number of methoxy groups -OCH3 is 1. The summed E-state index contributed by atoms with van der Waals surface area (Å²) in [5.41, 5.74) is 5.66. The van der Waals surface area contributed by atoms with Crippen LogP contribution in [0.4, 0.5) is 0 Å². The molecule has 0 aromatic carbocycles. The zero-order chi connectivity index (χ0) is 19.6. The summed E-state index contributed by atoms with van der Waals surface area (Å²) in [5, 5.41) is 8.92. The molecule has 3 aromatic rings. The van der Waals surface area contributed by atoms with Gasteiger partial charge >= 0.3 is 0 Å². The Morgan fingerprint density at radius 2 is 2.04 bits per heavy atom. The maximum absolute atomic E-state index is 13.3. The first kappa shape index (κ1) is 19.1. The summed E-state index contributed by atoms with van der Waals surface area (Å²) in [6, 6.07) is 3.93. The van der Waals surface area contributed by atoms with Crippen LogP contribution in [0.5, 0.6) is 0 Å². The third-order valence-corrected chi connectivity index (χ3v) is 4.93. The second-order valence-electron chi connectivity index (χ2n) is 6.78. The lowest BCUT2D eigenvalue weighted by Crippen LogP contribution is -2.33. The predicted molar refractivity (Wildman–Crippen MR) is 104 cm³/mol. The van der Waals surface area contributed by atoms with E-state index in [0.29, 0.717) is 25.3 Å². The fraction of sp³-hybridized carbons (Fsp3) is 0.450. The number of nitrogens with zero attached hydrogens (tertiary/aromatic N) is 5. The standard InChI is InChI=1S/C20H27N5O2/c1-6-24-16(4)18(15(3)22-24)13-23(9-10-27-5)20(26)17-11-21-25-12-14(2)7-8-19(17)25/h7-8,11-12H,6,9-10,13H2,1-5H3. The van der Waals surface area contributed by atoms with E-state index in [2.05, 4.69) is 24.0 Å². The number of aromatic nitrogens is 4. The summed E-state index contributed by atoms with van der Waals surface area (Å²) in [4.78, 5) is 15.1. The van der Waals surface area contributed by atoms with E-state index in [-0.39, 0.29) is 5.91 Å². The fourth-order valence-corrected chi connectivity index (χ4v) is 3.34. The molecule has 0 N–H and O–H groups in total. The first-order valence-corrected chi connectivity index (χ1v) is 9.21. The normalized spacial score (nSPS) is 11.3. The number of aryl methyl sites for hydroxylation is 3. The molecule has 3 aromatic heterocycles. The van der Waals surface area contributed by atoms with Crippen LogP contribution in [-0.4, -0.2) is 50.5 Å². The van der Waals surface area contributed by atoms with Crippen molar-refractivity contribution in [1.82, 2.24) is 24.3 Å². The molecule has 0 saturated heterocycles. The summed E-state index contributed by atoms with van der Waals surface area (Å²) in [7, 11) is 1.65. The van der Waals surface area contributed by atoms with E-state index in [1.807, 2.05) is 41.8 Å². The Balaban J connectivity index is 1.94. The van der Waals surface area contributed by atoms with Crippen LogP contribution in [0.3, 0.4) is 0 Å². The van der Waals surface area contributed by atoms with Gasteiger partial charge in [-0.25, -0.2) is 4.52 Å². The Bertz CT molecular complexity index is 957. The lowest BCUT2D eigenvalue weighted by molar-refractivity contribution is 0.0681. The number of hydrogen-bond acceptors (Lipinski definition) is 4. The highest BCUT2D eigenvalue weighted by atomic mass is 16.5. The summed E-state index contributed by atoms with van der Waals surface area (Å²) in [6.45, 7) is 10.4. The summed E-state index contributed by atoms with van der Waals surface area (Å²) < 4.78 is 8.96. The van der Waals surface area contributed by atoms with Crippen LogP contribution in [0.15, 0.2) is 24.5 Å². The van der Waals surface area contributed by atoms with E-state index >= 15 is 0 Å². The summed E-state index contributed by atoms with van der Waals surface area (Å²) in [6.07, 6.45) is 3.57. The highest BCUT2D eigenvalue weighted by Crippen LogP contribution is 2.19. The minimum atomic E-state index is -0.0473. The van der Waals surface area contributed by atoms with Crippen molar-refractivity contribution in [3.63, 3.8) is 0 Å². The molecule has 0 aliphatic heterocycles. The first-order valence-electron chi connectivity index (χ1n) is 9.21. The van der Waals surface area contributed by atoms with Crippen molar-refractivity contribution in [3.05, 3.63) is 52.6 Å². The minimum absolute atomic E-state index is 0.0473. The van der Waals surface area contributed by atoms with Crippen LogP contribution in [0.1, 0.15) is 39.8 Å². The van der Waals surface area contributed by atoms with Gasteiger partial charge in [-0.3, -0.25) is 9.48 Å². The Labute approximate surface area is 159 Å². The van der Waals surface area contributed by atoms with Gasteiger partial charge in [0.2, 0.25) is 0 Å². The quantitative estimate of drug-likeness (QED) is 0.642. The highest BCUT2D eigenvalue weighted by molar-refractivity contribution is 6.00. The monoisotopic (exact) mass is 369 g/mol. The van der Waals surface area contributed by atoms with Gasteiger partial charge in [0.05, 0.1) is 29.6 Å². The maximum atomic E-state index is 13.3. The van der Waals surface area contributed by atoms with E-state index in [9.17, 15) is 4.79 Å². The van der Waals surface area contributed by atoms with Crippen molar-refractivity contribution < 1.29 is 9.53 Å². The molecule has 7 nitrogen and oxygen atoms in total. The zero-order valence-corrected chi connectivity index (χ0v) is 16.7. The van der Waals surface area contributed by atoms with Crippen LogP contribution in [0.25, 0.3) is 5.52 Å². The van der Waals surface area contributed by atoms with Crippen molar-refractivity contribution in [3.8, 4) is 0 Å². The average molecular weight is 369 g/mol. The van der Waals surface area contributed by atoms with Gasteiger partial charge in [-0.2, -0.15) is 10.2 Å². The number of pyridine rings is 1. The third-order valence-electron chi connectivity index (χ3n) is 4.93. The molecule has 0 saturated carbocycles. The van der Waals surface area contributed by atoms with Gasteiger partial charge in [0, 0.05) is 44.2 Å². The Morgan fingerprint density at radius 3 is 2.70 bits per heavy atom. The molecule has 7 heteroatoms. The van der Waals surface area contributed by atoms with Crippen LogP contribution in [0, 0.1) is 20.8 Å². The van der Waals surface area contributed by atoms with Crippen molar-refractivity contribution in [1.29, 1.82) is 0 Å². The van der Waals surface area contributed by atoms with E-state index in [1.54, 1.807) is 17.8 Å². The van der Waals surface area contributed by atoms with Crippen molar-refractivity contribution in [2.45, 2.75) is 40.8 Å². The molecule has 0 radical (unpaired) electrons. The van der Waals surface area contributed by atoms with Crippen LogP contribution in [0.2, 0.25) is 0 Å². The van der Waals surface area contributed by atoms with Crippen LogP contribution in [-0.2, 0) is 17.8 Å². The lowest BCUT2D eigenvalue weighted by Gasteiger charge is -2.22. The molecular formula is C20H27N5O2. The molecule has 27 heavy (non-hydrogen) atoms. The van der Waals surface area contributed by atoms with E-state index in [0.717, 1.165) is 34.6 Å². The van der Waals surface area contributed by atoms with Gasteiger partial charge in [0.1, 0.15) is 0 Å². The van der Waals surface area contributed by atoms with Gasteiger partial charge in [0.25, 0.3) is 5.91 Å². The van der Waals surface area contributed by atoms with Crippen molar-refractivity contribution in [2.24, 2.45) is 0 Å². The molecule has 3 heterocycles. The maximum Gasteiger partial charge on any atom is 0.258 e. The average Bonchev–Trinajstić information content (AvgIpc) is 3.19. The number of carbonyl (C=O) groups excluding carboxylic acids is 1. The number of fused-ring (bicyclic) bond motifs is 1. The number of carbonyl (C=O) groups is 1. The number of amides is 1. The van der Waals surface area contributed by atoms with Crippen LogP contribution >= 0.6 is 0 Å². The SMILES string of the molecule is CCn1nc(C)c(CN(CCOC)C(=O)c2cnn3cc(C)ccc23)c1C. The van der Waals surface area contributed by atoms with Gasteiger partial charge in [0.15, 0.2) is 0 Å². The van der Waals surface area contributed by atoms with E-state index in [1.165, 1.54) is 0 Å². The molecule has 0 atom stereocenters. The van der Waals surface area contributed by atoms with Gasteiger partial charge < -0.3 is 9.64 Å². The third kappa shape index (κ3) is 3.73. The Hall–Kier alpha value is -2.67. The largest absolute Gasteiger partial charge is 0.383 e. The van der Waals surface area contributed by atoms with Crippen molar-refractivity contribution in [2.75, 3.05) is 20.3 Å². The molecule has 144 valence electrons. The summed E-state index contributed by atoms with van der Waals surface area (Å²) >= 11 is 0. The first-order chi connectivity index (χ1) is 13.0. The molecule has 0 bridgehead atoms. The van der Waals surface area contributed by atoms with Crippen molar-refractivity contribution >= 4 is 11.4 Å². The smallest absolute Gasteiger partial charge is 0.258 e. The molecule has 0 spiro atoms. The topological polar surface area (TPSA) is 64.7 Å². The molecule has 3 rings (SSSR count). The minimum Gasteiger partial charge on any atom is -0.383 e. The number of hydrogen-bond donors (Lipinski definition) is 0. The van der Waals surface area contributed by atoms with E-state index < -0.39 is 0 Å². The second-order valence-corrected chi connectivity index (χ2v) is 6.78. The fourth-order valence-electron chi connectivity index (χ4n) is 3.34. The van der Waals surface area contributed by atoms with E-state index in [4.69, 9.17) is 4.74 Å². The van der Waals surface area contributed by atoms with Crippen LogP contribution < -0.4 is 0 Å². The second kappa shape index (κ2) is 7.92. The molecule has 0 fully saturated rings. The molecule has 0 aliphatic carbocycles. The molecule has 0 unspecified atom stereocenters. The molecule has 1 amide bonds. The van der Waals surface area contributed by atoms with Gasteiger partial charge in [-0.05, 0) is 39.3 Å².